The van der Waals surface area contributed by atoms with E-state index >= 15 is 0 Å². The van der Waals surface area contributed by atoms with Gasteiger partial charge in [0.1, 0.15) is 5.75 Å². The Labute approximate surface area is 162 Å². The van der Waals surface area contributed by atoms with E-state index < -0.39 is 0 Å². The largest absolute Gasteiger partial charge is 0.482 e. The quantitative estimate of drug-likeness (QED) is 0.743. The van der Waals surface area contributed by atoms with Crippen LogP contribution in [0.3, 0.4) is 0 Å². The van der Waals surface area contributed by atoms with Crippen LogP contribution in [-0.4, -0.2) is 41.6 Å². The average molecular weight is 395 g/mol. The van der Waals surface area contributed by atoms with Gasteiger partial charge in [0, 0.05) is 30.5 Å². The number of halogens is 2. The zero-order valence-corrected chi connectivity index (χ0v) is 15.7. The van der Waals surface area contributed by atoms with E-state index in [0.29, 0.717) is 35.5 Å². The van der Waals surface area contributed by atoms with Crippen LogP contribution in [0.4, 0.5) is 0 Å². The summed E-state index contributed by atoms with van der Waals surface area (Å²) >= 11 is 11.9. The number of pyridine rings is 1. The van der Waals surface area contributed by atoms with E-state index in [-0.39, 0.29) is 18.6 Å². The molecule has 0 aliphatic carbocycles. The highest BCUT2D eigenvalue weighted by atomic mass is 35.5. The number of hydrogen-bond donors (Lipinski definition) is 0. The summed E-state index contributed by atoms with van der Waals surface area (Å²) in [6.07, 6.45) is 5.33. The second-order valence-electron chi connectivity index (χ2n) is 6.12. The van der Waals surface area contributed by atoms with Gasteiger partial charge in [-0.1, -0.05) is 29.3 Å². The Bertz CT molecular complexity index is 735. The Morgan fingerprint density at radius 2 is 2.04 bits per heavy atom. The van der Waals surface area contributed by atoms with E-state index in [2.05, 4.69) is 4.98 Å². The predicted octanol–water partition coefficient (Wildman–Crippen LogP) is 3.98. The maximum atomic E-state index is 12.3. The summed E-state index contributed by atoms with van der Waals surface area (Å²) in [5.74, 6) is 0.404. The van der Waals surface area contributed by atoms with Gasteiger partial charge in [-0.05, 0) is 42.7 Å². The number of benzene rings is 1. The molecule has 26 heavy (non-hydrogen) atoms. The van der Waals surface area contributed by atoms with Crippen molar-refractivity contribution in [3.63, 3.8) is 0 Å². The number of aromatic nitrogens is 1. The van der Waals surface area contributed by atoms with Crippen molar-refractivity contribution in [2.75, 3.05) is 19.7 Å². The SMILES string of the molecule is O=C(COc1ccc(Cl)cc1Cl)N1CCC(OCc2cccnc2)CC1. The number of piperidine rings is 1. The first-order valence-corrected chi connectivity index (χ1v) is 9.23. The lowest BCUT2D eigenvalue weighted by Crippen LogP contribution is -2.42. The molecular weight excluding hydrogens is 375 g/mol. The van der Waals surface area contributed by atoms with Gasteiger partial charge in [0.05, 0.1) is 17.7 Å². The van der Waals surface area contributed by atoms with Gasteiger partial charge in [-0.15, -0.1) is 0 Å². The first kappa shape index (κ1) is 19.0. The van der Waals surface area contributed by atoms with Crippen molar-refractivity contribution in [3.8, 4) is 5.75 Å². The van der Waals surface area contributed by atoms with E-state index in [1.165, 1.54) is 0 Å². The van der Waals surface area contributed by atoms with Gasteiger partial charge in [-0.2, -0.15) is 0 Å². The molecule has 1 saturated heterocycles. The Kier molecular flexibility index (Phi) is 6.72. The van der Waals surface area contributed by atoms with Crippen molar-refractivity contribution in [2.24, 2.45) is 0 Å². The molecule has 0 spiro atoms. The molecule has 0 saturated carbocycles. The van der Waals surface area contributed by atoms with Crippen LogP contribution in [0, 0.1) is 0 Å². The molecule has 3 rings (SSSR count). The number of likely N-dealkylation sites (tertiary alicyclic amines) is 1. The van der Waals surface area contributed by atoms with Gasteiger partial charge in [0.15, 0.2) is 6.61 Å². The van der Waals surface area contributed by atoms with E-state index in [4.69, 9.17) is 32.7 Å². The van der Waals surface area contributed by atoms with Crippen LogP contribution in [0.15, 0.2) is 42.7 Å². The van der Waals surface area contributed by atoms with Crippen LogP contribution >= 0.6 is 23.2 Å². The second-order valence-corrected chi connectivity index (χ2v) is 6.96. The molecule has 1 aromatic heterocycles. The van der Waals surface area contributed by atoms with Crippen molar-refractivity contribution in [1.82, 2.24) is 9.88 Å². The fourth-order valence-electron chi connectivity index (χ4n) is 2.79. The second kappa shape index (κ2) is 9.21. The normalized spacial score (nSPS) is 15.1. The molecule has 0 unspecified atom stereocenters. The fourth-order valence-corrected chi connectivity index (χ4v) is 3.26. The summed E-state index contributed by atoms with van der Waals surface area (Å²) in [6.45, 7) is 1.83. The van der Waals surface area contributed by atoms with Crippen molar-refractivity contribution in [2.45, 2.75) is 25.6 Å². The molecule has 1 aromatic carbocycles. The first-order valence-electron chi connectivity index (χ1n) is 8.48. The highest BCUT2D eigenvalue weighted by Crippen LogP contribution is 2.27. The molecule has 0 N–H and O–H groups in total. The third kappa shape index (κ3) is 5.34. The van der Waals surface area contributed by atoms with Gasteiger partial charge in [-0.25, -0.2) is 0 Å². The number of amides is 1. The summed E-state index contributed by atoms with van der Waals surface area (Å²) in [6, 6.07) is 8.82. The standard InChI is InChI=1S/C19H20Cl2N2O3/c20-15-3-4-18(17(21)10-15)26-13-19(24)23-8-5-16(6-9-23)25-12-14-2-1-7-22-11-14/h1-4,7,10-11,16H,5-6,8-9,12-13H2. The van der Waals surface area contributed by atoms with Crippen molar-refractivity contribution >= 4 is 29.1 Å². The molecule has 0 bridgehead atoms. The molecule has 0 atom stereocenters. The lowest BCUT2D eigenvalue weighted by molar-refractivity contribution is -0.136. The predicted molar refractivity (Wildman–Crippen MR) is 101 cm³/mol. The number of nitrogens with zero attached hydrogens (tertiary/aromatic N) is 2. The van der Waals surface area contributed by atoms with E-state index in [1.54, 1.807) is 35.5 Å². The number of rotatable bonds is 6. The van der Waals surface area contributed by atoms with E-state index in [9.17, 15) is 4.79 Å². The first-order chi connectivity index (χ1) is 12.6. The molecular formula is C19H20Cl2N2O3. The lowest BCUT2D eigenvalue weighted by atomic mass is 10.1. The maximum Gasteiger partial charge on any atom is 0.260 e. The number of carbonyl (C=O) groups is 1. The van der Waals surface area contributed by atoms with Crippen LogP contribution in [0.1, 0.15) is 18.4 Å². The molecule has 2 aromatic rings. The zero-order valence-electron chi connectivity index (χ0n) is 14.2. The molecule has 2 heterocycles. The summed E-state index contributed by atoms with van der Waals surface area (Å²) < 4.78 is 11.4. The number of carbonyl (C=O) groups excluding carboxylic acids is 1. The van der Waals surface area contributed by atoms with Gasteiger partial charge in [0.2, 0.25) is 0 Å². The van der Waals surface area contributed by atoms with Crippen LogP contribution in [0.2, 0.25) is 10.0 Å². The van der Waals surface area contributed by atoms with Crippen LogP contribution in [0.5, 0.6) is 5.75 Å². The third-order valence-electron chi connectivity index (χ3n) is 4.25. The van der Waals surface area contributed by atoms with E-state index in [1.807, 2.05) is 12.1 Å². The smallest absolute Gasteiger partial charge is 0.260 e. The monoisotopic (exact) mass is 394 g/mol. The molecule has 1 aliphatic heterocycles. The summed E-state index contributed by atoms with van der Waals surface area (Å²) in [5, 5.41) is 0.926. The van der Waals surface area contributed by atoms with Crippen molar-refractivity contribution in [3.05, 3.63) is 58.3 Å². The minimum absolute atomic E-state index is 0.0391. The molecule has 5 nitrogen and oxygen atoms in total. The topological polar surface area (TPSA) is 51.7 Å². The molecule has 7 heteroatoms. The Morgan fingerprint density at radius 3 is 2.73 bits per heavy atom. The lowest BCUT2D eigenvalue weighted by Gasteiger charge is -2.32. The summed E-state index contributed by atoms with van der Waals surface area (Å²) in [7, 11) is 0. The average Bonchev–Trinajstić information content (AvgIpc) is 2.67. The fraction of sp³-hybridized carbons (Fsp3) is 0.368. The van der Waals surface area contributed by atoms with Gasteiger partial charge >= 0.3 is 0 Å². The highest BCUT2D eigenvalue weighted by Gasteiger charge is 2.23. The number of hydrogen-bond acceptors (Lipinski definition) is 4. The Balaban J connectivity index is 1.40. The minimum Gasteiger partial charge on any atom is -0.482 e. The van der Waals surface area contributed by atoms with Crippen LogP contribution in [-0.2, 0) is 16.1 Å². The molecule has 1 fully saturated rings. The molecule has 1 amide bonds. The maximum absolute atomic E-state index is 12.3. The van der Waals surface area contributed by atoms with Crippen molar-refractivity contribution < 1.29 is 14.3 Å². The van der Waals surface area contributed by atoms with Crippen LogP contribution < -0.4 is 4.74 Å². The zero-order chi connectivity index (χ0) is 18.4. The molecule has 138 valence electrons. The third-order valence-corrected chi connectivity index (χ3v) is 4.78. The van der Waals surface area contributed by atoms with Crippen molar-refractivity contribution in [1.29, 1.82) is 0 Å². The van der Waals surface area contributed by atoms with Gasteiger partial charge < -0.3 is 14.4 Å². The number of ether oxygens (including phenoxy) is 2. The van der Waals surface area contributed by atoms with Gasteiger partial charge in [0.25, 0.3) is 5.91 Å². The summed E-state index contributed by atoms with van der Waals surface area (Å²) in [4.78, 5) is 18.2. The van der Waals surface area contributed by atoms with Crippen LogP contribution in [0.25, 0.3) is 0 Å². The Hall–Kier alpha value is -1.82. The summed E-state index contributed by atoms with van der Waals surface area (Å²) in [5.41, 5.74) is 1.05. The molecule has 0 radical (unpaired) electrons. The minimum atomic E-state index is -0.0540. The Morgan fingerprint density at radius 1 is 1.23 bits per heavy atom. The molecule has 1 aliphatic rings. The highest BCUT2D eigenvalue weighted by molar-refractivity contribution is 6.35. The van der Waals surface area contributed by atoms with E-state index in [0.717, 1.165) is 18.4 Å². The van der Waals surface area contributed by atoms with Gasteiger partial charge in [-0.3, -0.25) is 9.78 Å².